The third-order valence-electron chi connectivity index (χ3n) is 5.69. The van der Waals surface area contributed by atoms with Gasteiger partial charge in [-0.25, -0.2) is 0 Å². The highest BCUT2D eigenvalue weighted by Gasteiger charge is 2.37. The van der Waals surface area contributed by atoms with E-state index in [2.05, 4.69) is 17.1 Å². The van der Waals surface area contributed by atoms with Gasteiger partial charge in [0.1, 0.15) is 0 Å². The lowest BCUT2D eigenvalue weighted by molar-refractivity contribution is -0.136. The van der Waals surface area contributed by atoms with E-state index in [-0.39, 0.29) is 23.8 Å². The molecule has 2 amide bonds. The maximum atomic E-state index is 13.1. The number of nitrogens with zero attached hydrogens (tertiary/aromatic N) is 2. The van der Waals surface area contributed by atoms with E-state index in [1.165, 1.54) is 0 Å². The van der Waals surface area contributed by atoms with Gasteiger partial charge in [0.15, 0.2) is 0 Å². The maximum Gasteiger partial charge on any atom is 0.226 e. The Labute approximate surface area is 163 Å². The number of amides is 2. The molecule has 0 radical (unpaired) electrons. The van der Waals surface area contributed by atoms with E-state index in [1.807, 2.05) is 35.2 Å². The Morgan fingerprint density at radius 1 is 1.07 bits per heavy atom. The van der Waals surface area contributed by atoms with Crippen LogP contribution >= 0.6 is 0 Å². The van der Waals surface area contributed by atoms with Crippen molar-refractivity contribution in [2.45, 2.75) is 51.5 Å². The number of hydrogen-bond donors (Lipinski definition) is 1. The highest BCUT2D eigenvalue weighted by Crippen LogP contribution is 2.35. The Morgan fingerprint density at radius 3 is 2.52 bits per heavy atom. The minimum absolute atomic E-state index is 0.0454. The summed E-state index contributed by atoms with van der Waals surface area (Å²) >= 11 is 0. The molecule has 1 saturated carbocycles. The molecule has 1 aliphatic heterocycles. The van der Waals surface area contributed by atoms with Crippen molar-refractivity contribution in [3.05, 3.63) is 35.9 Å². The lowest BCUT2D eigenvalue weighted by Crippen LogP contribution is -2.40. The summed E-state index contributed by atoms with van der Waals surface area (Å²) in [6.45, 7) is 6.73. The van der Waals surface area contributed by atoms with E-state index in [0.29, 0.717) is 13.0 Å². The van der Waals surface area contributed by atoms with Gasteiger partial charge < -0.3 is 15.1 Å². The molecule has 1 heterocycles. The fourth-order valence-electron chi connectivity index (χ4n) is 3.90. The van der Waals surface area contributed by atoms with Crippen LogP contribution in [0.25, 0.3) is 0 Å². The number of carbonyl (C=O) groups excluding carboxylic acids is 2. The summed E-state index contributed by atoms with van der Waals surface area (Å²) in [5.41, 5.74) is 1.06. The summed E-state index contributed by atoms with van der Waals surface area (Å²) in [7, 11) is 0. The molecule has 1 aromatic rings. The molecule has 0 aromatic heterocycles. The molecule has 1 N–H and O–H groups in total. The molecular weight excluding hydrogens is 338 g/mol. The molecule has 5 heteroatoms. The number of carbonyl (C=O) groups is 2. The molecule has 1 aliphatic carbocycles. The van der Waals surface area contributed by atoms with Crippen LogP contribution in [0, 0.1) is 5.92 Å². The fourth-order valence-corrected chi connectivity index (χ4v) is 3.90. The highest BCUT2D eigenvalue weighted by molar-refractivity contribution is 5.83. The van der Waals surface area contributed by atoms with Gasteiger partial charge >= 0.3 is 0 Å². The quantitative estimate of drug-likeness (QED) is 0.889. The largest absolute Gasteiger partial charge is 0.356 e. The van der Waals surface area contributed by atoms with Gasteiger partial charge in [0.05, 0.1) is 12.5 Å². The summed E-state index contributed by atoms with van der Waals surface area (Å²) in [4.78, 5) is 30.1. The van der Waals surface area contributed by atoms with Crippen LogP contribution in [0.1, 0.15) is 57.1 Å². The van der Waals surface area contributed by atoms with E-state index in [4.69, 9.17) is 0 Å². The normalized spacial score (nSPS) is 23.7. The highest BCUT2D eigenvalue weighted by atomic mass is 16.2. The van der Waals surface area contributed by atoms with E-state index < -0.39 is 0 Å². The predicted molar refractivity (Wildman–Crippen MR) is 107 cm³/mol. The minimum atomic E-state index is -0.171. The summed E-state index contributed by atoms with van der Waals surface area (Å²) in [5, 5.41) is 3.06. The third kappa shape index (κ3) is 5.80. The zero-order chi connectivity index (χ0) is 19.1. The Morgan fingerprint density at radius 2 is 1.81 bits per heavy atom. The van der Waals surface area contributed by atoms with Crippen LogP contribution in [0.15, 0.2) is 30.3 Å². The van der Waals surface area contributed by atoms with Crippen LogP contribution in [0.3, 0.4) is 0 Å². The molecule has 0 bridgehead atoms. The van der Waals surface area contributed by atoms with Gasteiger partial charge in [0.2, 0.25) is 11.8 Å². The van der Waals surface area contributed by atoms with Crippen LogP contribution in [-0.4, -0.2) is 54.3 Å². The van der Waals surface area contributed by atoms with Gasteiger partial charge in [0.25, 0.3) is 0 Å². The van der Waals surface area contributed by atoms with Crippen molar-refractivity contribution >= 4 is 11.8 Å². The summed E-state index contributed by atoms with van der Waals surface area (Å²) in [6.07, 6.45) is 5.38. The Bertz CT molecular complexity index is 615. The van der Waals surface area contributed by atoms with Gasteiger partial charge in [-0.15, -0.1) is 0 Å². The van der Waals surface area contributed by atoms with Crippen molar-refractivity contribution < 1.29 is 9.59 Å². The molecule has 1 saturated heterocycles. The van der Waals surface area contributed by atoms with Gasteiger partial charge in [-0.2, -0.15) is 0 Å². The monoisotopic (exact) mass is 371 g/mol. The van der Waals surface area contributed by atoms with E-state index >= 15 is 0 Å². The Hall–Kier alpha value is -1.88. The lowest BCUT2D eigenvalue weighted by atomic mass is 10.00. The van der Waals surface area contributed by atoms with Crippen molar-refractivity contribution in [3.63, 3.8) is 0 Å². The first kappa shape index (κ1) is 19.9. The van der Waals surface area contributed by atoms with Crippen LogP contribution in [-0.2, 0) is 9.59 Å². The molecule has 0 spiro atoms. The van der Waals surface area contributed by atoms with Gasteiger partial charge in [0, 0.05) is 19.0 Å². The predicted octanol–water partition coefficient (Wildman–Crippen LogP) is 2.98. The number of hydrogen-bond acceptors (Lipinski definition) is 3. The standard InChI is InChI=1S/C22H33N3O2/c1-2-24-14-7-6-13-23-21(26)17-20(18-9-4-3-5-10-18)25(16-8-15-24)22(27)19-11-12-19/h3-5,9-10,19-20H,2,6-8,11-17H2,1H3,(H,23,26). The van der Waals surface area contributed by atoms with Gasteiger partial charge in [-0.05, 0) is 57.3 Å². The molecule has 1 atom stereocenters. The molecule has 1 unspecified atom stereocenters. The van der Waals surface area contributed by atoms with Crippen LogP contribution < -0.4 is 5.32 Å². The zero-order valence-electron chi connectivity index (χ0n) is 16.5. The lowest BCUT2D eigenvalue weighted by Gasteiger charge is -2.33. The van der Waals surface area contributed by atoms with Crippen molar-refractivity contribution in [1.82, 2.24) is 15.1 Å². The van der Waals surface area contributed by atoms with Crippen molar-refractivity contribution in [3.8, 4) is 0 Å². The summed E-state index contributed by atoms with van der Waals surface area (Å²) in [6, 6.07) is 9.88. The van der Waals surface area contributed by atoms with Crippen molar-refractivity contribution in [2.75, 3.05) is 32.7 Å². The summed E-state index contributed by atoms with van der Waals surface area (Å²) < 4.78 is 0. The molecule has 1 aromatic carbocycles. The molecule has 3 rings (SSSR count). The van der Waals surface area contributed by atoms with Crippen LogP contribution in [0.5, 0.6) is 0 Å². The van der Waals surface area contributed by atoms with E-state index in [9.17, 15) is 9.59 Å². The third-order valence-corrected chi connectivity index (χ3v) is 5.69. The second-order valence-electron chi connectivity index (χ2n) is 7.78. The topological polar surface area (TPSA) is 52.7 Å². The van der Waals surface area contributed by atoms with E-state index in [0.717, 1.165) is 63.8 Å². The first-order valence-corrected chi connectivity index (χ1v) is 10.5. The molecule has 27 heavy (non-hydrogen) atoms. The molecular formula is C22H33N3O2. The van der Waals surface area contributed by atoms with Gasteiger partial charge in [-0.1, -0.05) is 37.3 Å². The SMILES string of the molecule is CCN1CCCCNC(=O)CC(c2ccccc2)N(C(=O)C2CC2)CCC1. The smallest absolute Gasteiger partial charge is 0.226 e. The zero-order valence-corrected chi connectivity index (χ0v) is 16.5. The Balaban J connectivity index is 1.83. The van der Waals surface area contributed by atoms with Crippen LogP contribution in [0.4, 0.5) is 0 Å². The fraction of sp³-hybridized carbons (Fsp3) is 0.636. The van der Waals surface area contributed by atoms with Crippen molar-refractivity contribution in [1.29, 1.82) is 0 Å². The molecule has 2 fully saturated rings. The van der Waals surface area contributed by atoms with Crippen LogP contribution in [0.2, 0.25) is 0 Å². The second kappa shape index (κ2) is 9.88. The van der Waals surface area contributed by atoms with E-state index in [1.54, 1.807) is 0 Å². The average Bonchev–Trinajstić information content (AvgIpc) is 3.53. The Kier molecular flexibility index (Phi) is 7.27. The molecule has 148 valence electrons. The van der Waals surface area contributed by atoms with Gasteiger partial charge in [-0.3, -0.25) is 9.59 Å². The van der Waals surface area contributed by atoms with Crippen molar-refractivity contribution in [2.24, 2.45) is 5.92 Å². The molecule has 5 nitrogen and oxygen atoms in total. The second-order valence-corrected chi connectivity index (χ2v) is 7.78. The number of nitrogens with one attached hydrogen (secondary N) is 1. The number of rotatable bonds is 3. The summed E-state index contributed by atoms with van der Waals surface area (Å²) in [5.74, 6) is 0.441. The molecule has 2 aliphatic rings. The first-order chi connectivity index (χ1) is 13.2. The minimum Gasteiger partial charge on any atom is -0.356 e. The maximum absolute atomic E-state index is 13.1. The number of benzene rings is 1. The first-order valence-electron chi connectivity index (χ1n) is 10.5. The average molecular weight is 372 g/mol.